The molecule has 0 aliphatic carbocycles. The first kappa shape index (κ1) is 15.5. The third-order valence-corrected chi connectivity index (χ3v) is 3.43. The van der Waals surface area contributed by atoms with Crippen molar-refractivity contribution in [2.45, 2.75) is 26.1 Å². The molecule has 0 bridgehead atoms. The zero-order valence-corrected chi connectivity index (χ0v) is 11.7. The van der Waals surface area contributed by atoms with E-state index in [4.69, 9.17) is 5.84 Å². The first-order valence-electron chi connectivity index (χ1n) is 6.40. The number of aryl methyl sites for hydroxylation is 2. The molecule has 1 aromatic heterocycles. The lowest BCUT2D eigenvalue weighted by Crippen LogP contribution is -2.30. The third-order valence-electron chi connectivity index (χ3n) is 3.43. The fourth-order valence-electron chi connectivity index (χ4n) is 2.32. The number of pyridine rings is 1. The molecule has 6 heteroatoms. The highest BCUT2D eigenvalue weighted by Gasteiger charge is 2.31. The molecule has 21 heavy (non-hydrogen) atoms. The number of nitrogens with one attached hydrogen (secondary N) is 1. The van der Waals surface area contributed by atoms with Crippen molar-refractivity contribution in [2.75, 3.05) is 0 Å². The monoisotopic (exact) mass is 295 g/mol. The van der Waals surface area contributed by atoms with E-state index in [1.807, 2.05) is 13.0 Å². The fraction of sp³-hybridized carbons (Fsp3) is 0.267. The summed E-state index contributed by atoms with van der Waals surface area (Å²) in [6.07, 6.45) is -2.69. The Morgan fingerprint density at radius 1 is 1.14 bits per heavy atom. The van der Waals surface area contributed by atoms with Crippen LogP contribution < -0.4 is 11.3 Å². The lowest BCUT2D eigenvalue weighted by Gasteiger charge is -2.21. The van der Waals surface area contributed by atoms with Crippen molar-refractivity contribution in [1.82, 2.24) is 10.4 Å². The molecule has 1 aromatic carbocycles. The maximum atomic E-state index is 12.7. The Bertz CT molecular complexity index is 638. The van der Waals surface area contributed by atoms with Crippen LogP contribution in [0.15, 0.2) is 36.5 Å². The van der Waals surface area contributed by atoms with Crippen molar-refractivity contribution in [2.24, 2.45) is 5.84 Å². The molecule has 3 nitrogen and oxygen atoms in total. The molecular weight excluding hydrogens is 279 g/mol. The normalized spacial score (nSPS) is 13.2. The van der Waals surface area contributed by atoms with Crippen LogP contribution in [0.4, 0.5) is 13.2 Å². The largest absolute Gasteiger partial charge is 0.416 e. The average molecular weight is 295 g/mol. The smallest absolute Gasteiger partial charge is 0.271 e. The Morgan fingerprint density at radius 3 is 2.38 bits per heavy atom. The molecule has 1 atom stereocenters. The molecule has 2 aromatic rings. The predicted octanol–water partition coefficient (Wildman–Crippen LogP) is 3.27. The number of rotatable bonds is 3. The van der Waals surface area contributed by atoms with Crippen LogP contribution in [-0.4, -0.2) is 4.98 Å². The molecule has 112 valence electrons. The fourth-order valence-corrected chi connectivity index (χ4v) is 2.32. The van der Waals surface area contributed by atoms with Gasteiger partial charge < -0.3 is 0 Å². The molecule has 1 heterocycles. The summed E-state index contributed by atoms with van der Waals surface area (Å²) in [6.45, 7) is 3.47. The highest BCUT2D eigenvalue weighted by Crippen LogP contribution is 2.33. The molecular formula is C15H16F3N3. The zero-order valence-electron chi connectivity index (χ0n) is 11.7. The van der Waals surface area contributed by atoms with E-state index in [1.54, 1.807) is 19.2 Å². The van der Waals surface area contributed by atoms with Crippen molar-refractivity contribution >= 4 is 0 Å². The van der Waals surface area contributed by atoms with Gasteiger partial charge in [-0.15, -0.1) is 0 Å². The standard InChI is InChI=1S/C15H16F3N3/c1-9-8-11(15(16,17)18)5-6-12(9)14(21-19)13-4-3-7-20-10(13)2/h3-8,14,21H,19H2,1-2H3. The average Bonchev–Trinajstić information content (AvgIpc) is 2.42. The van der Waals surface area contributed by atoms with E-state index in [2.05, 4.69) is 10.4 Å². The van der Waals surface area contributed by atoms with Crippen LogP contribution in [0.3, 0.4) is 0 Å². The molecule has 0 saturated carbocycles. The van der Waals surface area contributed by atoms with E-state index in [0.717, 1.165) is 23.4 Å². The van der Waals surface area contributed by atoms with E-state index in [-0.39, 0.29) is 0 Å². The number of benzene rings is 1. The molecule has 0 amide bonds. The van der Waals surface area contributed by atoms with Crippen LogP contribution in [0.2, 0.25) is 0 Å². The van der Waals surface area contributed by atoms with Gasteiger partial charge in [-0.1, -0.05) is 12.1 Å². The van der Waals surface area contributed by atoms with Gasteiger partial charge in [0.25, 0.3) is 0 Å². The van der Waals surface area contributed by atoms with Gasteiger partial charge in [-0.3, -0.25) is 10.8 Å². The number of nitrogens with zero attached hydrogens (tertiary/aromatic N) is 1. The summed E-state index contributed by atoms with van der Waals surface area (Å²) in [7, 11) is 0. The molecule has 0 spiro atoms. The van der Waals surface area contributed by atoms with E-state index in [9.17, 15) is 13.2 Å². The second-order valence-electron chi connectivity index (χ2n) is 4.85. The Kier molecular flexibility index (Phi) is 4.29. The minimum absolute atomic E-state index is 0.402. The summed E-state index contributed by atoms with van der Waals surface area (Å²) < 4.78 is 38.2. The third kappa shape index (κ3) is 3.22. The summed E-state index contributed by atoms with van der Waals surface area (Å²) in [5, 5.41) is 0. The Morgan fingerprint density at radius 2 is 1.86 bits per heavy atom. The van der Waals surface area contributed by atoms with Gasteiger partial charge in [0.15, 0.2) is 0 Å². The molecule has 1 unspecified atom stereocenters. The van der Waals surface area contributed by atoms with Crippen LogP contribution >= 0.6 is 0 Å². The number of hydrogen-bond acceptors (Lipinski definition) is 3. The van der Waals surface area contributed by atoms with Crippen molar-refractivity contribution in [3.8, 4) is 0 Å². The molecule has 0 radical (unpaired) electrons. The van der Waals surface area contributed by atoms with Crippen LogP contribution in [0.1, 0.15) is 34.0 Å². The van der Waals surface area contributed by atoms with Crippen molar-refractivity contribution in [3.63, 3.8) is 0 Å². The van der Waals surface area contributed by atoms with Gasteiger partial charge in [0, 0.05) is 11.9 Å². The van der Waals surface area contributed by atoms with Crippen LogP contribution in [0.5, 0.6) is 0 Å². The zero-order chi connectivity index (χ0) is 15.6. The highest BCUT2D eigenvalue weighted by molar-refractivity contribution is 5.40. The van der Waals surface area contributed by atoms with Crippen molar-refractivity contribution in [1.29, 1.82) is 0 Å². The first-order chi connectivity index (χ1) is 9.84. The second-order valence-corrected chi connectivity index (χ2v) is 4.85. The van der Waals surface area contributed by atoms with E-state index < -0.39 is 17.8 Å². The summed E-state index contributed by atoms with van der Waals surface area (Å²) in [5.74, 6) is 5.60. The van der Waals surface area contributed by atoms with Gasteiger partial charge in [-0.25, -0.2) is 5.43 Å². The summed E-state index contributed by atoms with van der Waals surface area (Å²) in [6, 6.07) is 6.87. The van der Waals surface area contributed by atoms with Crippen LogP contribution in [0, 0.1) is 13.8 Å². The van der Waals surface area contributed by atoms with E-state index in [0.29, 0.717) is 11.1 Å². The maximum Gasteiger partial charge on any atom is 0.416 e. The molecule has 2 rings (SSSR count). The summed E-state index contributed by atoms with van der Waals surface area (Å²) >= 11 is 0. The maximum absolute atomic E-state index is 12.7. The first-order valence-corrected chi connectivity index (χ1v) is 6.40. The Labute approximate surface area is 121 Å². The van der Waals surface area contributed by atoms with Gasteiger partial charge in [0.2, 0.25) is 0 Å². The molecule has 0 aliphatic rings. The Balaban J connectivity index is 2.47. The van der Waals surface area contributed by atoms with Gasteiger partial charge in [-0.2, -0.15) is 13.2 Å². The minimum Gasteiger partial charge on any atom is -0.271 e. The van der Waals surface area contributed by atoms with Gasteiger partial charge in [-0.05, 0) is 48.7 Å². The quantitative estimate of drug-likeness (QED) is 0.675. The summed E-state index contributed by atoms with van der Waals surface area (Å²) in [5.41, 5.74) is 4.82. The number of halogens is 3. The van der Waals surface area contributed by atoms with Crippen molar-refractivity contribution < 1.29 is 13.2 Å². The lowest BCUT2D eigenvalue weighted by molar-refractivity contribution is -0.137. The minimum atomic E-state index is -4.35. The number of nitrogens with two attached hydrogens (primary N) is 1. The SMILES string of the molecule is Cc1cc(C(F)(F)F)ccc1C(NN)c1cccnc1C. The number of alkyl halides is 3. The molecule has 0 saturated heterocycles. The summed E-state index contributed by atoms with van der Waals surface area (Å²) in [4.78, 5) is 4.18. The topological polar surface area (TPSA) is 50.9 Å². The van der Waals surface area contributed by atoms with Crippen LogP contribution in [-0.2, 0) is 6.18 Å². The van der Waals surface area contributed by atoms with Gasteiger partial charge in [0.05, 0.1) is 11.6 Å². The van der Waals surface area contributed by atoms with Gasteiger partial charge in [0.1, 0.15) is 0 Å². The van der Waals surface area contributed by atoms with Gasteiger partial charge >= 0.3 is 6.18 Å². The van der Waals surface area contributed by atoms with E-state index in [1.165, 1.54) is 6.07 Å². The number of hydrazine groups is 1. The van der Waals surface area contributed by atoms with Crippen molar-refractivity contribution in [3.05, 3.63) is 64.5 Å². The number of aromatic nitrogens is 1. The second kappa shape index (κ2) is 5.83. The molecule has 0 fully saturated rings. The van der Waals surface area contributed by atoms with E-state index >= 15 is 0 Å². The molecule has 3 N–H and O–H groups in total. The van der Waals surface area contributed by atoms with Crippen LogP contribution in [0.25, 0.3) is 0 Å². The predicted molar refractivity (Wildman–Crippen MR) is 74.3 cm³/mol. The molecule has 0 aliphatic heterocycles. The lowest BCUT2D eigenvalue weighted by atomic mass is 9.93. The number of hydrogen-bond donors (Lipinski definition) is 2. The highest BCUT2D eigenvalue weighted by atomic mass is 19.4. The Hall–Kier alpha value is -1.92.